The Bertz CT molecular complexity index is 391. The average molecular weight is 269 g/mol. The molecule has 1 aromatic rings. The number of nitrogens with zero attached hydrogens (tertiary/aromatic N) is 2. The maximum Gasteiger partial charge on any atom is 0.0702 e. The average Bonchev–Trinajstić information content (AvgIpc) is 2.88. The second kappa shape index (κ2) is 6.41. The summed E-state index contributed by atoms with van der Waals surface area (Å²) in [4.78, 5) is 4.62. The first kappa shape index (κ1) is 13.7. The van der Waals surface area contributed by atoms with Crippen LogP contribution in [-0.4, -0.2) is 43.2 Å². The molecule has 0 aliphatic carbocycles. The third kappa shape index (κ3) is 3.16. The van der Waals surface area contributed by atoms with Gasteiger partial charge in [0.1, 0.15) is 0 Å². The summed E-state index contributed by atoms with van der Waals surface area (Å²) in [6.45, 7) is 4.46. The number of rotatable bonds is 5. The first-order valence-electron chi connectivity index (χ1n) is 6.54. The minimum atomic E-state index is 0.0317. The molecule has 0 atom stereocenters. The summed E-state index contributed by atoms with van der Waals surface area (Å²) < 4.78 is 0. The Morgan fingerprint density at radius 3 is 2.72 bits per heavy atom. The van der Waals surface area contributed by atoms with Crippen LogP contribution >= 0.6 is 11.6 Å². The summed E-state index contributed by atoms with van der Waals surface area (Å²) in [6.07, 6.45) is 2.63. The van der Waals surface area contributed by atoms with E-state index in [1.807, 2.05) is 25.2 Å². The highest BCUT2D eigenvalue weighted by atomic mass is 35.5. The van der Waals surface area contributed by atoms with Gasteiger partial charge in [0.05, 0.1) is 17.3 Å². The lowest BCUT2D eigenvalue weighted by Crippen LogP contribution is -2.32. The number of aliphatic hydroxyl groups excluding tert-OH is 1. The molecule has 0 bridgehead atoms. The van der Waals surface area contributed by atoms with Crippen molar-refractivity contribution >= 4 is 17.3 Å². The fraction of sp³-hybridized carbons (Fsp3) is 0.571. The molecule has 18 heavy (non-hydrogen) atoms. The number of benzene rings is 1. The van der Waals surface area contributed by atoms with Gasteiger partial charge in [-0.25, -0.2) is 0 Å². The molecule has 0 aromatic heterocycles. The molecule has 1 aliphatic heterocycles. The van der Waals surface area contributed by atoms with E-state index in [9.17, 15) is 5.11 Å². The number of para-hydroxylation sites is 1. The van der Waals surface area contributed by atoms with Gasteiger partial charge in [0.2, 0.25) is 0 Å². The first-order chi connectivity index (χ1) is 8.72. The van der Waals surface area contributed by atoms with Crippen LogP contribution in [0.15, 0.2) is 18.2 Å². The van der Waals surface area contributed by atoms with Crippen molar-refractivity contribution in [2.24, 2.45) is 0 Å². The van der Waals surface area contributed by atoms with E-state index in [0.717, 1.165) is 24.3 Å². The van der Waals surface area contributed by atoms with Crippen LogP contribution in [0.1, 0.15) is 18.4 Å². The second-order valence-electron chi connectivity index (χ2n) is 4.88. The van der Waals surface area contributed by atoms with Crippen LogP contribution in [-0.2, 0) is 6.61 Å². The summed E-state index contributed by atoms with van der Waals surface area (Å²) >= 11 is 6.23. The number of anilines is 1. The largest absolute Gasteiger partial charge is 0.392 e. The summed E-state index contributed by atoms with van der Waals surface area (Å²) in [5, 5.41) is 10.1. The maximum atomic E-state index is 9.38. The Morgan fingerprint density at radius 2 is 2.06 bits per heavy atom. The van der Waals surface area contributed by atoms with Crippen molar-refractivity contribution in [1.82, 2.24) is 4.90 Å². The zero-order valence-corrected chi connectivity index (χ0v) is 11.7. The van der Waals surface area contributed by atoms with E-state index in [1.165, 1.54) is 25.9 Å². The molecule has 1 N–H and O–H groups in total. The van der Waals surface area contributed by atoms with Gasteiger partial charge in [-0.1, -0.05) is 23.7 Å². The van der Waals surface area contributed by atoms with E-state index in [4.69, 9.17) is 11.6 Å². The van der Waals surface area contributed by atoms with Crippen LogP contribution in [0.3, 0.4) is 0 Å². The van der Waals surface area contributed by atoms with Crippen molar-refractivity contribution in [1.29, 1.82) is 0 Å². The number of likely N-dealkylation sites (tertiary alicyclic amines) is 1. The molecule has 1 saturated heterocycles. The molecule has 0 spiro atoms. The molecule has 0 saturated carbocycles. The van der Waals surface area contributed by atoms with E-state index >= 15 is 0 Å². The summed E-state index contributed by atoms with van der Waals surface area (Å²) in [6, 6.07) is 5.68. The molecule has 3 nitrogen and oxygen atoms in total. The van der Waals surface area contributed by atoms with E-state index in [1.54, 1.807) is 0 Å². The molecule has 0 radical (unpaired) electrons. The molecule has 2 rings (SSSR count). The Kier molecular flexibility index (Phi) is 4.87. The third-order valence-electron chi connectivity index (χ3n) is 3.57. The van der Waals surface area contributed by atoms with Crippen LogP contribution in [0, 0.1) is 0 Å². The molecule has 4 heteroatoms. The van der Waals surface area contributed by atoms with Gasteiger partial charge in [0.15, 0.2) is 0 Å². The van der Waals surface area contributed by atoms with Gasteiger partial charge in [0.25, 0.3) is 0 Å². The van der Waals surface area contributed by atoms with Crippen LogP contribution in [0.4, 0.5) is 5.69 Å². The normalized spacial score (nSPS) is 16.2. The van der Waals surface area contributed by atoms with E-state index < -0.39 is 0 Å². The number of hydrogen-bond donors (Lipinski definition) is 1. The number of hydrogen-bond acceptors (Lipinski definition) is 3. The van der Waals surface area contributed by atoms with Crippen molar-refractivity contribution in [2.75, 3.05) is 38.1 Å². The number of aliphatic hydroxyl groups is 1. The van der Waals surface area contributed by atoms with Crippen molar-refractivity contribution in [2.45, 2.75) is 19.4 Å². The summed E-state index contributed by atoms with van der Waals surface area (Å²) in [5.74, 6) is 0. The Balaban J connectivity index is 2.01. The summed E-state index contributed by atoms with van der Waals surface area (Å²) in [5.41, 5.74) is 1.85. The second-order valence-corrected chi connectivity index (χ2v) is 5.28. The van der Waals surface area contributed by atoms with E-state index in [-0.39, 0.29) is 6.61 Å². The molecule has 0 amide bonds. The lowest BCUT2D eigenvalue weighted by Gasteiger charge is -2.25. The van der Waals surface area contributed by atoms with E-state index in [2.05, 4.69) is 9.80 Å². The summed E-state index contributed by atoms with van der Waals surface area (Å²) in [7, 11) is 2.04. The first-order valence-corrected chi connectivity index (χ1v) is 6.92. The van der Waals surface area contributed by atoms with Gasteiger partial charge >= 0.3 is 0 Å². The molecule has 1 aliphatic rings. The van der Waals surface area contributed by atoms with Gasteiger partial charge in [-0.15, -0.1) is 0 Å². The van der Waals surface area contributed by atoms with Crippen LogP contribution in [0.25, 0.3) is 0 Å². The van der Waals surface area contributed by atoms with Gasteiger partial charge in [-0.3, -0.25) is 0 Å². The van der Waals surface area contributed by atoms with Crippen molar-refractivity contribution in [3.8, 4) is 0 Å². The minimum Gasteiger partial charge on any atom is -0.392 e. The SMILES string of the molecule is CN(CCN1CCCC1)c1c(Cl)cccc1CO. The topological polar surface area (TPSA) is 26.7 Å². The minimum absolute atomic E-state index is 0.0317. The van der Waals surface area contributed by atoms with Gasteiger partial charge in [0, 0.05) is 25.7 Å². The Morgan fingerprint density at radius 1 is 1.33 bits per heavy atom. The molecule has 1 aromatic carbocycles. The lowest BCUT2D eigenvalue weighted by atomic mass is 10.1. The zero-order valence-electron chi connectivity index (χ0n) is 10.9. The van der Waals surface area contributed by atoms with Crippen molar-refractivity contribution in [3.63, 3.8) is 0 Å². The molecule has 1 heterocycles. The Hall–Kier alpha value is -0.770. The number of likely N-dealkylation sites (N-methyl/N-ethyl adjacent to an activating group) is 1. The molecule has 0 unspecified atom stereocenters. The standard InChI is InChI=1S/C14H21ClN2O/c1-16(9-10-17-7-2-3-8-17)14-12(11-18)5-4-6-13(14)15/h4-6,18H,2-3,7-11H2,1H3. The van der Waals surface area contributed by atoms with Crippen molar-refractivity contribution in [3.05, 3.63) is 28.8 Å². The molecular weight excluding hydrogens is 248 g/mol. The predicted molar refractivity (Wildman–Crippen MR) is 76.3 cm³/mol. The fourth-order valence-corrected chi connectivity index (χ4v) is 2.86. The highest BCUT2D eigenvalue weighted by Crippen LogP contribution is 2.29. The van der Waals surface area contributed by atoms with Crippen molar-refractivity contribution < 1.29 is 5.11 Å². The zero-order chi connectivity index (χ0) is 13.0. The van der Waals surface area contributed by atoms with Gasteiger partial charge < -0.3 is 14.9 Å². The highest BCUT2D eigenvalue weighted by Gasteiger charge is 2.14. The highest BCUT2D eigenvalue weighted by molar-refractivity contribution is 6.33. The van der Waals surface area contributed by atoms with Crippen LogP contribution in [0.2, 0.25) is 5.02 Å². The fourth-order valence-electron chi connectivity index (χ4n) is 2.52. The lowest BCUT2D eigenvalue weighted by molar-refractivity contribution is 0.282. The van der Waals surface area contributed by atoms with Crippen LogP contribution < -0.4 is 4.90 Å². The molecule has 100 valence electrons. The molecular formula is C14H21ClN2O. The number of halogens is 1. The Labute approximate surface area is 114 Å². The van der Waals surface area contributed by atoms with Gasteiger partial charge in [-0.2, -0.15) is 0 Å². The monoisotopic (exact) mass is 268 g/mol. The maximum absolute atomic E-state index is 9.38. The quantitative estimate of drug-likeness (QED) is 0.888. The van der Waals surface area contributed by atoms with Crippen LogP contribution in [0.5, 0.6) is 0 Å². The third-order valence-corrected chi connectivity index (χ3v) is 3.88. The smallest absolute Gasteiger partial charge is 0.0702 e. The van der Waals surface area contributed by atoms with Gasteiger partial charge in [-0.05, 0) is 32.0 Å². The molecule has 1 fully saturated rings. The predicted octanol–water partition coefficient (Wildman–Crippen LogP) is 2.36. The van der Waals surface area contributed by atoms with E-state index in [0.29, 0.717) is 5.02 Å².